The molecule has 2 unspecified atom stereocenters. The first-order valence-corrected chi connectivity index (χ1v) is 21.0. The standard InChI is InChI=1S/C59H44N2/c1-3-4-8-19-42(2)60(49-24-9-5-10-25-49)52-34-36-54-56(40-52)58(47-32-30-43-20-15-17-22-45(43)38-47)55-37-35-53(61(50-26-11-6-12-27-50)51-28-13-7-14-29-51)41-57(55)59(54)48-33-31-44-21-16-18-23-46(44)39-48/h1,4-41,44,46H,2H3/b8-4-,42-19+. The number of terminal acetylenes is 1. The van der Waals surface area contributed by atoms with E-state index in [9.17, 15) is 0 Å². The number of benzene rings is 8. The molecule has 0 saturated carbocycles. The zero-order chi connectivity index (χ0) is 41.1. The predicted octanol–water partition coefficient (Wildman–Crippen LogP) is 15.8. The van der Waals surface area contributed by atoms with Gasteiger partial charge < -0.3 is 9.80 Å². The van der Waals surface area contributed by atoms with E-state index >= 15 is 0 Å². The minimum absolute atomic E-state index is 0.278. The second-order valence-electron chi connectivity index (χ2n) is 15.7. The van der Waals surface area contributed by atoms with Crippen LogP contribution in [0.3, 0.4) is 0 Å². The van der Waals surface area contributed by atoms with Crippen LogP contribution < -0.4 is 9.80 Å². The summed E-state index contributed by atoms with van der Waals surface area (Å²) in [7, 11) is 0. The minimum Gasteiger partial charge on any atom is -0.314 e. The molecule has 0 aromatic heterocycles. The lowest BCUT2D eigenvalue weighted by atomic mass is 9.79. The molecule has 61 heavy (non-hydrogen) atoms. The molecule has 2 heteroatoms. The Hall–Kier alpha value is -7.86. The third-order valence-corrected chi connectivity index (χ3v) is 11.9. The Kier molecular flexibility index (Phi) is 10.1. The van der Waals surface area contributed by atoms with Crippen LogP contribution in [0.1, 0.15) is 12.5 Å². The third kappa shape index (κ3) is 7.18. The number of rotatable bonds is 9. The Morgan fingerprint density at radius 3 is 1.82 bits per heavy atom. The van der Waals surface area contributed by atoms with Crippen molar-refractivity contribution in [3.63, 3.8) is 0 Å². The van der Waals surface area contributed by atoms with Crippen LogP contribution in [0.2, 0.25) is 0 Å². The fourth-order valence-electron chi connectivity index (χ4n) is 9.15. The molecule has 0 saturated heterocycles. The number of hydrogen-bond acceptors (Lipinski definition) is 2. The van der Waals surface area contributed by atoms with Gasteiger partial charge in [0.1, 0.15) is 0 Å². The molecule has 0 bridgehead atoms. The quantitative estimate of drug-likeness (QED) is 0.0818. The Morgan fingerprint density at radius 2 is 1.11 bits per heavy atom. The maximum Gasteiger partial charge on any atom is 0.0468 e. The topological polar surface area (TPSA) is 6.48 Å². The van der Waals surface area contributed by atoms with Gasteiger partial charge in [0.2, 0.25) is 0 Å². The molecule has 10 rings (SSSR count). The van der Waals surface area contributed by atoms with Crippen LogP contribution in [0.5, 0.6) is 0 Å². The number of nitrogens with zero attached hydrogens (tertiary/aromatic N) is 2. The van der Waals surface area contributed by atoms with Gasteiger partial charge in [-0.05, 0) is 140 Å². The fraction of sp³-hybridized carbons (Fsp3) is 0.0508. The predicted molar refractivity (Wildman–Crippen MR) is 262 cm³/mol. The van der Waals surface area contributed by atoms with E-state index < -0.39 is 0 Å². The van der Waals surface area contributed by atoms with Crippen molar-refractivity contribution in [3.8, 4) is 23.5 Å². The van der Waals surface area contributed by atoms with Crippen LogP contribution in [-0.2, 0) is 0 Å². The molecule has 8 aromatic rings. The molecular formula is C59H44N2. The monoisotopic (exact) mass is 780 g/mol. The number of anilines is 5. The molecule has 2 aliphatic rings. The van der Waals surface area contributed by atoms with E-state index in [0.29, 0.717) is 5.92 Å². The van der Waals surface area contributed by atoms with Crippen LogP contribution >= 0.6 is 0 Å². The van der Waals surface area contributed by atoms with Gasteiger partial charge in [0.25, 0.3) is 0 Å². The van der Waals surface area contributed by atoms with Crippen molar-refractivity contribution in [1.29, 1.82) is 0 Å². The number of allylic oxidation sites excluding steroid dienone is 12. The second-order valence-corrected chi connectivity index (χ2v) is 15.7. The molecule has 0 spiro atoms. The number of fused-ring (bicyclic) bond motifs is 4. The van der Waals surface area contributed by atoms with E-state index in [4.69, 9.17) is 6.42 Å². The Balaban J connectivity index is 1.31. The smallest absolute Gasteiger partial charge is 0.0468 e. The summed E-state index contributed by atoms with van der Waals surface area (Å²) in [6, 6.07) is 61.6. The average Bonchev–Trinajstić information content (AvgIpc) is 3.32. The molecule has 2 nitrogen and oxygen atoms in total. The molecule has 0 fully saturated rings. The Bertz CT molecular complexity index is 3120. The van der Waals surface area contributed by atoms with E-state index in [1.54, 1.807) is 6.08 Å². The van der Waals surface area contributed by atoms with Gasteiger partial charge in [-0.1, -0.05) is 158 Å². The van der Waals surface area contributed by atoms with Crippen LogP contribution in [0.4, 0.5) is 28.4 Å². The summed E-state index contributed by atoms with van der Waals surface area (Å²) in [5.74, 6) is 3.26. The molecule has 0 amide bonds. The summed E-state index contributed by atoms with van der Waals surface area (Å²) in [5, 5.41) is 7.23. The molecule has 0 N–H and O–H groups in total. The summed E-state index contributed by atoms with van der Waals surface area (Å²) >= 11 is 0. The zero-order valence-electron chi connectivity index (χ0n) is 34.1. The normalized spacial score (nSPS) is 15.9. The van der Waals surface area contributed by atoms with Crippen molar-refractivity contribution < 1.29 is 0 Å². The summed E-state index contributed by atoms with van der Waals surface area (Å²) in [6.45, 7) is 2.14. The highest BCUT2D eigenvalue weighted by Crippen LogP contribution is 2.48. The molecule has 290 valence electrons. The molecular weight excluding hydrogens is 737 g/mol. The van der Waals surface area contributed by atoms with Crippen LogP contribution in [0.25, 0.3) is 49.0 Å². The SMILES string of the molecule is C#C/C=C\C=C(/C)N(c1ccccc1)c1ccc2c(C3=CC4C=CC=CC4C=C3)c3cc(N(c4ccccc4)c4ccccc4)ccc3c(-c3ccc4ccccc4c3)c2c1. The van der Waals surface area contributed by atoms with E-state index in [1.165, 1.54) is 54.6 Å². The first-order chi connectivity index (χ1) is 30.1. The largest absolute Gasteiger partial charge is 0.314 e. The molecule has 2 atom stereocenters. The van der Waals surface area contributed by atoms with Gasteiger partial charge in [0, 0.05) is 46.0 Å². The van der Waals surface area contributed by atoms with Gasteiger partial charge in [-0.15, -0.1) is 6.42 Å². The zero-order valence-corrected chi connectivity index (χ0v) is 34.1. The maximum atomic E-state index is 5.63. The lowest BCUT2D eigenvalue weighted by Crippen LogP contribution is -2.14. The van der Waals surface area contributed by atoms with Gasteiger partial charge in [-0.25, -0.2) is 0 Å². The third-order valence-electron chi connectivity index (χ3n) is 11.9. The van der Waals surface area contributed by atoms with Crippen molar-refractivity contribution in [3.05, 3.63) is 242 Å². The first kappa shape index (κ1) is 37.4. The van der Waals surface area contributed by atoms with Crippen LogP contribution in [-0.4, -0.2) is 0 Å². The lowest BCUT2D eigenvalue weighted by molar-refractivity contribution is 0.663. The molecule has 0 aliphatic heterocycles. The Labute approximate surface area is 358 Å². The maximum absolute atomic E-state index is 5.63. The van der Waals surface area contributed by atoms with E-state index in [2.05, 4.69) is 241 Å². The van der Waals surface area contributed by atoms with Gasteiger partial charge >= 0.3 is 0 Å². The molecule has 0 heterocycles. The Morgan fingerprint density at radius 1 is 0.525 bits per heavy atom. The van der Waals surface area contributed by atoms with Gasteiger partial charge in [0.15, 0.2) is 0 Å². The molecule has 2 aliphatic carbocycles. The van der Waals surface area contributed by atoms with E-state index in [-0.39, 0.29) is 5.92 Å². The highest BCUT2D eigenvalue weighted by Gasteiger charge is 2.25. The lowest BCUT2D eigenvalue weighted by Gasteiger charge is -2.29. The highest BCUT2D eigenvalue weighted by molar-refractivity contribution is 6.21. The van der Waals surface area contributed by atoms with Gasteiger partial charge in [-0.3, -0.25) is 0 Å². The van der Waals surface area contributed by atoms with Crippen LogP contribution in [0, 0.1) is 24.2 Å². The molecule has 8 aromatic carbocycles. The van der Waals surface area contributed by atoms with Crippen LogP contribution in [0.15, 0.2) is 236 Å². The van der Waals surface area contributed by atoms with E-state index in [1.807, 2.05) is 6.08 Å². The summed E-state index contributed by atoms with van der Waals surface area (Å²) in [6.07, 6.45) is 27.6. The summed E-state index contributed by atoms with van der Waals surface area (Å²) in [4.78, 5) is 4.68. The van der Waals surface area contributed by atoms with Crippen molar-refractivity contribution in [2.45, 2.75) is 6.92 Å². The molecule has 0 radical (unpaired) electrons. The average molecular weight is 781 g/mol. The highest BCUT2D eigenvalue weighted by atomic mass is 15.1. The number of hydrogen-bond donors (Lipinski definition) is 0. The summed E-state index contributed by atoms with van der Waals surface area (Å²) in [5.41, 5.74) is 11.4. The summed E-state index contributed by atoms with van der Waals surface area (Å²) < 4.78 is 0. The second kappa shape index (κ2) is 16.4. The fourth-order valence-corrected chi connectivity index (χ4v) is 9.15. The first-order valence-electron chi connectivity index (χ1n) is 21.0. The van der Waals surface area contributed by atoms with Crippen molar-refractivity contribution in [2.75, 3.05) is 9.80 Å². The van der Waals surface area contributed by atoms with Crippen molar-refractivity contribution >= 4 is 66.3 Å². The van der Waals surface area contributed by atoms with Gasteiger partial charge in [0.05, 0.1) is 0 Å². The van der Waals surface area contributed by atoms with Crippen molar-refractivity contribution in [1.82, 2.24) is 0 Å². The van der Waals surface area contributed by atoms with Gasteiger partial charge in [-0.2, -0.15) is 0 Å². The number of para-hydroxylation sites is 3. The van der Waals surface area contributed by atoms with Crippen molar-refractivity contribution in [2.24, 2.45) is 11.8 Å². The minimum atomic E-state index is 0.278. The van der Waals surface area contributed by atoms with E-state index in [0.717, 1.165) is 34.1 Å².